The number of ether oxygens (including phenoxy) is 2. The van der Waals surface area contributed by atoms with Crippen molar-refractivity contribution in [3.63, 3.8) is 0 Å². The van der Waals surface area contributed by atoms with Gasteiger partial charge in [-0.2, -0.15) is 0 Å². The van der Waals surface area contributed by atoms with Gasteiger partial charge in [-0.3, -0.25) is 0 Å². The van der Waals surface area contributed by atoms with E-state index in [4.69, 9.17) is 20.2 Å². The highest BCUT2D eigenvalue weighted by atomic mass is 16.5. The lowest BCUT2D eigenvalue weighted by Crippen LogP contribution is -2.62. The molecule has 0 spiro atoms. The largest absolute Gasteiger partial charge is 0.490 e. The summed E-state index contributed by atoms with van der Waals surface area (Å²) in [6, 6.07) is 4.19. The van der Waals surface area contributed by atoms with Crippen LogP contribution in [0.1, 0.15) is 63.9 Å². The zero-order chi connectivity index (χ0) is 22.7. The molecule has 1 aromatic carbocycles. The number of allylic oxidation sites excluding steroid dienone is 1. The van der Waals surface area contributed by atoms with Gasteiger partial charge in [0.2, 0.25) is 5.96 Å². The molecule has 0 aromatic heterocycles. The molecule has 2 fully saturated rings. The van der Waals surface area contributed by atoms with E-state index < -0.39 is 5.66 Å². The molecule has 1 atom stereocenters. The molecule has 4 N–H and O–H groups in total. The van der Waals surface area contributed by atoms with Gasteiger partial charge in [-0.1, -0.05) is 19.3 Å². The average molecular weight is 454 g/mol. The predicted molar refractivity (Wildman–Crippen MR) is 133 cm³/mol. The zero-order valence-corrected chi connectivity index (χ0v) is 20.0. The Morgan fingerprint density at radius 3 is 2.85 bits per heavy atom. The molecular weight excluding hydrogens is 414 g/mol. The molecule has 3 heterocycles. The molecule has 33 heavy (non-hydrogen) atoms. The normalized spacial score (nSPS) is 25.6. The first-order valence-electron chi connectivity index (χ1n) is 12.9. The minimum absolute atomic E-state index is 0.427. The fraction of sp³-hybridized carbons (Fsp3) is 0.654. The summed E-state index contributed by atoms with van der Waals surface area (Å²) in [4.78, 5) is 7.23. The van der Waals surface area contributed by atoms with Gasteiger partial charge in [0.05, 0.1) is 13.2 Å². The molecule has 0 radical (unpaired) electrons. The second kappa shape index (κ2) is 9.94. The Bertz CT molecular complexity index is 902. The first-order valence-corrected chi connectivity index (χ1v) is 12.9. The quantitative estimate of drug-likeness (QED) is 0.541. The topological polar surface area (TPSA) is 84.1 Å². The van der Waals surface area contributed by atoms with Gasteiger partial charge in [0.25, 0.3) is 0 Å². The molecule has 1 unspecified atom stereocenters. The molecule has 0 bridgehead atoms. The molecule has 1 aromatic rings. The summed E-state index contributed by atoms with van der Waals surface area (Å²) in [5.74, 6) is 2.86. The summed E-state index contributed by atoms with van der Waals surface area (Å²) >= 11 is 0. The number of rotatable bonds is 7. The fourth-order valence-corrected chi connectivity index (χ4v) is 5.75. The average Bonchev–Trinajstić information content (AvgIpc) is 3.49. The molecule has 1 aliphatic carbocycles. The van der Waals surface area contributed by atoms with Gasteiger partial charge >= 0.3 is 0 Å². The molecule has 5 rings (SSSR count). The molecule has 7 nitrogen and oxygen atoms in total. The number of aliphatic imine (C=N–C) groups is 1. The van der Waals surface area contributed by atoms with Crippen LogP contribution in [0.3, 0.4) is 0 Å². The monoisotopic (exact) mass is 453 g/mol. The lowest BCUT2D eigenvalue weighted by Gasteiger charge is -2.41. The number of guanidine groups is 1. The van der Waals surface area contributed by atoms with E-state index in [0.29, 0.717) is 25.1 Å². The van der Waals surface area contributed by atoms with E-state index in [2.05, 4.69) is 27.7 Å². The van der Waals surface area contributed by atoms with E-state index in [1.54, 1.807) is 0 Å². The third kappa shape index (κ3) is 5.30. The van der Waals surface area contributed by atoms with Crippen molar-refractivity contribution in [1.82, 2.24) is 10.2 Å². The standard InChI is InChI=1S/C26H39N5O2/c1-19-18-26(27,21-8-3-2-4-9-21)30-25(28-19)29-22-16-20-10-15-33-24(20)23(17-22)32-14-7-13-31-11-5-6-12-31/h16-18,21H,2-15,27H2,1H3,(H2,28,29,30). The van der Waals surface area contributed by atoms with Crippen molar-refractivity contribution in [1.29, 1.82) is 0 Å². The van der Waals surface area contributed by atoms with E-state index in [1.165, 1.54) is 50.8 Å². The van der Waals surface area contributed by atoms with Crippen LogP contribution in [0.25, 0.3) is 0 Å². The molecule has 7 heteroatoms. The highest BCUT2D eigenvalue weighted by molar-refractivity contribution is 5.96. The molecule has 3 aliphatic heterocycles. The summed E-state index contributed by atoms with van der Waals surface area (Å²) in [7, 11) is 0. The first-order chi connectivity index (χ1) is 16.1. The Labute approximate surface area is 197 Å². The van der Waals surface area contributed by atoms with Crippen LogP contribution in [0.4, 0.5) is 5.69 Å². The maximum absolute atomic E-state index is 6.86. The Kier molecular flexibility index (Phi) is 6.79. The number of nitrogens with one attached hydrogen (secondary N) is 2. The minimum atomic E-state index is -0.552. The maximum Gasteiger partial charge on any atom is 0.202 e. The molecule has 0 amide bonds. The van der Waals surface area contributed by atoms with Crippen LogP contribution in [0.5, 0.6) is 11.5 Å². The third-order valence-electron chi connectivity index (χ3n) is 7.44. The van der Waals surface area contributed by atoms with Gasteiger partial charge in [0.1, 0.15) is 5.66 Å². The van der Waals surface area contributed by atoms with Crippen molar-refractivity contribution in [2.75, 3.05) is 38.2 Å². The Balaban J connectivity index is 1.26. The van der Waals surface area contributed by atoms with E-state index in [-0.39, 0.29) is 0 Å². The van der Waals surface area contributed by atoms with Crippen molar-refractivity contribution in [2.45, 2.75) is 70.4 Å². The Hall–Kier alpha value is -2.25. The van der Waals surface area contributed by atoms with Crippen LogP contribution in [-0.2, 0) is 6.42 Å². The van der Waals surface area contributed by atoms with Crippen molar-refractivity contribution >= 4 is 11.6 Å². The Morgan fingerprint density at radius 1 is 1.21 bits per heavy atom. The van der Waals surface area contributed by atoms with Crippen molar-refractivity contribution < 1.29 is 9.47 Å². The van der Waals surface area contributed by atoms with Gasteiger partial charge in [0.15, 0.2) is 11.5 Å². The van der Waals surface area contributed by atoms with Crippen LogP contribution in [0.15, 0.2) is 28.9 Å². The second-order valence-corrected chi connectivity index (χ2v) is 10.1. The van der Waals surface area contributed by atoms with Crippen LogP contribution in [-0.4, -0.2) is 49.4 Å². The lowest BCUT2D eigenvalue weighted by molar-refractivity contribution is 0.230. The van der Waals surface area contributed by atoms with Crippen molar-refractivity contribution in [3.05, 3.63) is 29.5 Å². The number of likely N-dealkylation sites (tertiary alicyclic amines) is 1. The fourth-order valence-electron chi connectivity index (χ4n) is 5.75. The summed E-state index contributed by atoms with van der Waals surface area (Å²) < 4.78 is 12.1. The summed E-state index contributed by atoms with van der Waals surface area (Å²) in [6.45, 7) is 6.99. The highest BCUT2D eigenvalue weighted by Gasteiger charge is 2.36. The number of hydrogen-bond donors (Lipinski definition) is 3. The smallest absolute Gasteiger partial charge is 0.202 e. The molecule has 4 aliphatic rings. The SMILES string of the molecule is CC1=CC(N)(C2CCCCC2)NC(Nc2cc3c(c(OCCCN4CCCC4)c2)OCC3)=N1. The number of anilines is 1. The maximum atomic E-state index is 6.86. The molecular formula is C26H39N5O2. The summed E-state index contributed by atoms with van der Waals surface area (Å²) in [5.41, 5.74) is 9.41. The zero-order valence-electron chi connectivity index (χ0n) is 20.0. The van der Waals surface area contributed by atoms with Gasteiger partial charge in [0, 0.05) is 36.0 Å². The summed E-state index contributed by atoms with van der Waals surface area (Å²) in [6.07, 6.45) is 12.8. The number of nitrogens with two attached hydrogens (primary N) is 1. The molecule has 180 valence electrons. The van der Waals surface area contributed by atoms with E-state index >= 15 is 0 Å². The number of fused-ring (bicyclic) bond motifs is 1. The van der Waals surface area contributed by atoms with Crippen LogP contribution >= 0.6 is 0 Å². The lowest BCUT2D eigenvalue weighted by atomic mass is 9.79. The van der Waals surface area contributed by atoms with Crippen LogP contribution in [0, 0.1) is 5.92 Å². The first kappa shape index (κ1) is 22.5. The van der Waals surface area contributed by atoms with Crippen LogP contribution < -0.4 is 25.8 Å². The van der Waals surface area contributed by atoms with Gasteiger partial charge in [-0.05, 0) is 70.2 Å². The Morgan fingerprint density at radius 2 is 2.03 bits per heavy atom. The van der Waals surface area contributed by atoms with E-state index in [0.717, 1.165) is 55.1 Å². The van der Waals surface area contributed by atoms with Crippen LogP contribution in [0.2, 0.25) is 0 Å². The number of nitrogens with zero attached hydrogens (tertiary/aromatic N) is 2. The summed E-state index contributed by atoms with van der Waals surface area (Å²) in [5, 5.41) is 7.00. The van der Waals surface area contributed by atoms with Crippen molar-refractivity contribution in [3.8, 4) is 11.5 Å². The second-order valence-electron chi connectivity index (χ2n) is 10.1. The number of hydrogen-bond acceptors (Lipinski definition) is 7. The third-order valence-corrected chi connectivity index (χ3v) is 7.44. The molecule has 1 saturated carbocycles. The van der Waals surface area contributed by atoms with Crippen molar-refractivity contribution in [2.24, 2.45) is 16.6 Å². The van der Waals surface area contributed by atoms with Gasteiger partial charge in [-0.15, -0.1) is 0 Å². The van der Waals surface area contributed by atoms with E-state index in [9.17, 15) is 0 Å². The predicted octanol–water partition coefficient (Wildman–Crippen LogP) is 4.00. The van der Waals surface area contributed by atoms with E-state index in [1.807, 2.05) is 13.0 Å². The minimum Gasteiger partial charge on any atom is -0.490 e. The number of benzene rings is 1. The van der Waals surface area contributed by atoms with Gasteiger partial charge in [-0.25, -0.2) is 4.99 Å². The molecule has 1 saturated heterocycles. The van der Waals surface area contributed by atoms with Gasteiger partial charge < -0.3 is 30.7 Å². The highest BCUT2D eigenvalue weighted by Crippen LogP contribution is 2.39.